The standard InChI is InChI=1S/C22H23FN2O3S/c1-3-5-6-15-7-12-18-19(13-15)29-22(25(18)14-20(26)28-4-2)24-21(27)16-8-10-17(23)11-9-16/h7-13H,3-6,14H2,1-2H3. The first kappa shape index (κ1) is 20.9. The molecule has 7 heteroatoms. The molecule has 29 heavy (non-hydrogen) atoms. The third-order valence-corrected chi connectivity index (χ3v) is 5.49. The van der Waals surface area contributed by atoms with Gasteiger partial charge in [0, 0.05) is 5.56 Å². The Labute approximate surface area is 172 Å². The van der Waals surface area contributed by atoms with Crippen molar-refractivity contribution in [1.82, 2.24) is 4.57 Å². The smallest absolute Gasteiger partial charge is 0.326 e. The molecule has 0 bridgehead atoms. The van der Waals surface area contributed by atoms with Crippen molar-refractivity contribution in [3.63, 3.8) is 0 Å². The van der Waals surface area contributed by atoms with Crippen LogP contribution in [0.2, 0.25) is 0 Å². The second kappa shape index (κ2) is 9.60. The Hall–Kier alpha value is -2.80. The molecule has 0 saturated heterocycles. The SMILES string of the molecule is CCCCc1ccc2c(c1)sc(=NC(=O)c1ccc(F)cc1)n2CC(=O)OCC. The summed E-state index contributed by atoms with van der Waals surface area (Å²) in [5.41, 5.74) is 2.32. The molecule has 0 N–H and O–H groups in total. The second-order valence-corrected chi connectivity index (χ2v) is 7.61. The van der Waals surface area contributed by atoms with Gasteiger partial charge in [0.05, 0.1) is 16.8 Å². The summed E-state index contributed by atoms with van der Waals surface area (Å²) in [6, 6.07) is 11.3. The summed E-state index contributed by atoms with van der Waals surface area (Å²) < 4.78 is 20.9. The fraction of sp³-hybridized carbons (Fsp3) is 0.318. The lowest BCUT2D eigenvalue weighted by atomic mass is 10.1. The number of fused-ring (bicyclic) bond motifs is 1. The normalized spacial score (nSPS) is 11.8. The Bertz CT molecular complexity index is 1080. The van der Waals surface area contributed by atoms with E-state index in [2.05, 4.69) is 18.0 Å². The van der Waals surface area contributed by atoms with E-state index in [9.17, 15) is 14.0 Å². The van der Waals surface area contributed by atoms with Crippen LogP contribution in [-0.2, 0) is 22.5 Å². The number of carbonyl (C=O) groups is 2. The Kier molecular flexibility index (Phi) is 6.93. The minimum atomic E-state index is -0.486. The summed E-state index contributed by atoms with van der Waals surface area (Å²) in [6.45, 7) is 4.15. The summed E-state index contributed by atoms with van der Waals surface area (Å²) >= 11 is 1.35. The second-order valence-electron chi connectivity index (χ2n) is 6.61. The zero-order valence-corrected chi connectivity index (χ0v) is 17.3. The van der Waals surface area contributed by atoms with Crippen molar-refractivity contribution < 1.29 is 18.7 Å². The number of aromatic nitrogens is 1. The number of nitrogens with zero attached hydrogens (tertiary/aromatic N) is 2. The first-order valence-electron chi connectivity index (χ1n) is 9.64. The van der Waals surface area contributed by atoms with Crippen LogP contribution in [0.5, 0.6) is 0 Å². The van der Waals surface area contributed by atoms with Gasteiger partial charge in [-0.3, -0.25) is 9.59 Å². The van der Waals surface area contributed by atoms with E-state index >= 15 is 0 Å². The van der Waals surface area contributed by atoms with E-state index in [1.54, 1.807) is 11.5 Å². The minimum Gasteiger partial charge on any atom is -0.465 e. The number of halogens is 1. The summed E-state index contributed by atoms with van der Waals surface area (Å²) in [6.07, 6.45) is 3.18. The van der Waals surface area contributed by atoms with Gasteiger partial charge in [-0.05, 0) is 61.7 Å². The van der Waals surface area contributed by atoms with Crippen molar-refractivity contribution in [1.29, 1.82) is 0 Å². The fourth-order valence-corrected chi connectivity index (χ4v) is 4.06. The van der Waals surface area contributed by atoms with Gasteiger partial charge in [0.25, 0.3) is 5.91 Å². The molecule has 1 aromatic heterocycles. The van der Waals surface area contributed by atoms with Crippen LogP contribution in [0.15, 0.2) is 47.5 Å². The van der Waals surface area contributed by atoms with Gasteiger partial charge in [-0.25, -0.2) is 4.39 Å². The van der Waals surface area contributed by atoms with Gasteiger partial charge < -0.3 is 9.30 Å². The van der Waals surface area contributed by atoms with Gasteiger partial charge in [-0.1, -0.05) is 30.7 Å². The zero-order valence-electron chi connectivity index (χ0n) is 16.5. The quantitative estimate of drug-likeness (QED) is 0.535. The van der Waals surface area contributed by atoms with E-state index in [1.807, 2.05) is 12.1 Å². The number of thiazole rings is 1. The molecule has 2 aromatic carbocycles. The number of amides is 1. The maximum absolute atomic E-state index is 13.1. The molecule has 152 valence electrons. The molecule has 0 spiro atoms. The molecule has 0 aliphatic carbocycles. The van der Waals surface area contributed by atoms with Crippen LogP contribution in [0, 0.1) is 5.82 Å². The molecule has 3 aromatic rings. The number of aryl methyl sites for hydroxylation is 1. The predicted octanol–water partition coefficient (Wildman–Crippen LogP) is 4.49. The molecule has 1 heterocycles. The first-order valence-corrected chi connectivity index (χ1v) is 10.5. The van der Waals surface area contributed by atoms with Gasteiger partial charge in [-0.15, -0.1) is 0 Å². The summed E-state index contributed by atoms with van der Waals surface area (Å²) in [5, 5.41) is 0. The number of hydrogen-bond donors (Lipinski definition) is 0. The Morgan fingerprint density at radius 3 is 2.59 bits per heavy atom. The molecule has 0 fully saturated rings. The number of carbonyl (C=O) groups excluding carboxylic acids is 2. The van der Waals surface area contributed by atoms with E-state index in [4.69, 9.17) is 4.74 Å². The van der Waals surface area contributed by atoms with E-state index in [0.29, 0.717) is 4.80 Å². The van der Waals surface area contributed by atoms with Crippen molar-refractivity contribution in [2.45, 2.75) is 39.7 Å². The highest BCUT2D eigenvalue weighted by Gasteiger charge is 2.13. The number of unbranched alkanes of at least 4 members (excludes halogenated alkanes) is 1. The molecule has 0 radical (unpaired) electrons. The lowest BCUT2D eigenvalue weighted by molar-refractivity contribution is -0.143. The zero-order chi connectivity index (χ0) is 20.8. The van der Waals surface area contributed by atoms with Crippen LogP contribution in [0.3, 0.4) is 0 Å². The minimum absolute atomic E-state index is 0.0301. The molecule has 0 aliphatic heterocycles. The van der Waals surface area contributed by atoms with Crippen LogP contribution in [0.4, 0.5) is 4.39 Å². The highest BCUT2D eigenvalue weighted by molar-refractivity contribution is 7.16. The van der Waals surface area contributed by atoms with Crippen LogP contribution in [0.1, 0.15) is 42.6 Å². The molecular formula is C22H23FN2O3S. The number of hydrogen-bond acceptors (Lipinski definition) is 4. The van der Waals surface area contributed by atoms with Gasteiger partial charge in [0.1, 0.15) is 12.4 Å². The van der Waals surface area contributed by atoms with Crippen LogP contribution >= 0.6 is 11.3 Å². The summed E-state index contributed by atoms with van der Waals surface area (Å²) in [4.78, 5) is 29.3. The fourth-order valence-electron chi connectivity index (χ4n) is 2.97. The third kappa shape index (κ3) is 5.17. The lowest BCUT2D eigenvalue weighted by Gasteiger charge is -2.06. The topological polar surface area (TPSA) is 60.7 Å². The van der Waals surface area contributed by atoms with Crippen LogP contribution < -0.4 is 4.80 Å². The van der Waals surface area contributed by atoms with Crippen molar-refractivity contribution in [2.24, 2.45) is 4.99 Å². The largest absolute Gasteiger partial charge is 0.465 e. The summed E-state index contributed by atoms with van der Waals surface area (Å²) in [7, 11) is 0. The van der Waals surface area contributed by atoms with E-state index in [1.165, 1.54) is 41.2 Å². The maximum Gasteiger partial charge on any atom is 0.326 e. The van der Waals surface area contributed by atoms with Crippen molar-refractivity contribution >= 4 is 33.4 Å². The predicted molar refractivity (Wildman–Crippen MR) is 111 cm³/mol. The molecule has 1 amide bonds. The molecular weight excluding hydrogens is 391 g/mol. The van der Waals surface area contributed by atoms with Crippen LogP contribution in [0.25, 0.3) is 10.2 Å². The first-order chi connectivity index (χ1) is 14.0. The Morgan fingerprint density at radius 2 is 1.90 bits per heavy atom. The highest BCUT2D eigenvalue weighted by Crippen LogP contribution is 2.21. The lowest BCUT2D eigenvalue weighted by Crippen LogP contribution is -2.23. The van der Waals surface area contributed by atoms with Gasteiger partial charge in [0.15, 0.2) is 4.80 Å². The Morgan fingerprint density at radius 1 is 1.14 bits per heavy atom. The Balaban J connectivity index is 2.05. The third-order valence-electron chi connectivity index (χ3n) is 4.45. The number of ether oxygens (including phenoxy) is 1. The van der Waals surface area contributed by atoms with E-state index in [0.717, 1.165) is 29.5 Å². The van der Waals surface area contributed by atoms with Crippen molar-refractivity contribution in [2.75, 3.05) is 6.61 Å². The molecule has 0 atom stereocenters. The van der Waals surface area contributed by atoms with Gasteiger partial charge >= 0.3 is 5.97 Å². The average molecular weight is 415 g/mol. The molecule has 0 aliphatic rings. The van der Waals surface area contributed by atoms with E-state index in [-0.39, 0.29) is 18.7 Å². The van der Waals surface area contributed by atoms with Crippen LogP contribution in [-0.4, -0.2) is 23.1 Å². The van der Waals surface area contributed by atoms with Gasteiger partial charge in [0.2, 0.25) is 0 Å². The molecule has 5 nitrogen and oxygen atoms in total. The van der Waals surface area contributed by atoms with Crippen molar-refractivity contribution in [3.8, 4) is 0 Å². The molecule has 3 rings (SSSR count). The molecule has 0 saturated carbocycles. The van der Waals surface area contributed by atoms with E-state index < -0.39 is 17.7 Å². The van der Waals surface area contributed by atoms with Crippen molar-refractivity contribution in [3.05, 3.63) is 64.2 Å². The molecule has 0 unspecified atom stereocenters. The monoisotopic (exact) mass is 414 g/mol. The van der Waals surface area contributed by atoms with Gasteiger partial charge in [-0.2, -0.15) is 4.99 Å². The maximum atomic E-state index is 13.1. The number of esters is 1. The number of benzene rings is 2. The average Bonchev–Trinajstić information content (AvgIpc) is 3.03. The summed E-state index contributed by atoms with van der Waals surface area (Å²) in [5.74, 6) is -1.29. The number of rotatable bonds is 7. The highest BCUT2D eigenvalue weighted by atomic mass is 32.1.